The Morgan fingerprint density at radius 3 is 2.42 bits per heavy atom. The van der Waals surface area contributed by atoms with E-state index in [4.69, 9.17) is 10.4 Å². The van der Waals surface area contributed by atoms with Gasteiger partial charge in [0.05, 0.1) is 0 Å². The maximum atomic E-state index is 12.3. The van der Waals surface area contributed by atoms with Crippen molar-refractivity contribution in [1.29, 1.82) is 5.26 Å². The summed E-state index contributed by atoms with van der Waals surface area (Å²) < 4.78 is 0. The van der Waals surface area contributed by atoms with Gasteiger partial charge in [-0.05, 0) is 24.6 Å². The van der Waals surface area contributed by atoms with Gasteiger partial charge in [-0.15, -0.1) is 0 Å². The van der Waals surface area contributed by atoms with E-state index in [9.17, 15) is 19.5 Å². The van der Waals surface area contributed by atoms with Crippen molar-refractivity contribution in [1.82, 2.24) is 10.2 Å². The standard InChI is InChI=1S/C16H17N3O5/c1-2-19(10-17)16(24)13(18-14(21)7-8-15(22)23)9-11-3-5-12(20)6-4-11/h3-8,13,20H,2,9H2,1H3,(H,18,21)(H,22,23)/b8-7+. The Morgan fingerprint density at radius 2 is 1.92 bits per heavy atom. The molecule has 1 unspecified atom stereocenters. The molecule has 3 N–H and O–H groups in total. The Balaban J connectivity index is 2.96. The third-order valence-corrected chi connectivity index (χ3v) is 3.07. The maximum absolute atomic E-state index is 12.3. The monoisotopic (exact) mass is 331 g/mol. The van der Waals surface area contributed by atoms with Crippen molar-refractivity contribution >= 4 is 17.8 Å². The van der Waals surface area contributed by atoms with Gasteiger partial charge in [0.15, 0.2) is 6.19 Å². The van der Waals surface area contributed by atoms with Gasteiger partial charge < -0.3 is 15.5 Å². The smallest absolute Gasteiger partial charge is 0.328 e. The fourth-order valence-electron chi connectivity index (χ4n) is 1.90. The largest absolute Gasteiger partial charge is 0.508 e. The summed E-state index contributed by atoms with van der Waals surface area (Å²) in [7, 11) is 0. The molecule has 1 rings (SSSR count). The molecule has 0 fully saturated rings. The number of nitrogens with zero attached hydrogens (tertiary/aromatic N) is 2. The molecule has 0 saturated heterocycles. The van der Waals surface area contributed by atoms with Gasteiger partial charge in [-0.3, -0.25) is 9.59 Å². The van der Waals surface area contributed by atoms with Gasteiger partial charge in [-0.2, -0.15) is 5.26 Å². The molecule has 0 bridgehead atoms. The zero-order valence-corrected chi connectivity index (χ0v) is 13.0. The summed E-state index contributed by atoms with van der Waals surface area (Å²) in [5, 5.41) is 29.2. The number of aromatic hydroxyl groups is 1. The Kier molecular flexibility index (Phi) is 6.97. The highest BCUT2D eigenvalue weighted by Crippen LogP contribution is 2.12. The van der Waals surface area contributed by atoms with Crippen LogP contribution >= 0.6 is 0 Å². The average molecular weight is 331 g/mol. The number of hydrogen-bond donors (Lipinski definition) is 3. The number of nitrogens with one attached hydrogen (secondary N) is 1. The van der Waals surface area contributed by atoms with Gasteiger partial charge in [0.1, 0.15) is 11.8 Å². The number of amides is 2. The minimum absolute atomic E-state index is 0.0577. The minimum atomic E-state index is -1.29. The van der Waals surface area contributed by atoms with Crippen LogP contribution in [0.3, 0.4) is 0 Å². The predicted molar refractivity (Wildman–Crippen MR) is 83.5 cm³/mol. The summed E-state index contributed by atoms with van der Waals surface area (Å²) in [5.41, 5.74) is 0.655. The van der Waals surface area contributed by atoms with Crippen molar-refractivity contribution < 1.29 is 24.6 Å². The lowest BCUT2D eigenvalue weighted by molar-refractivity contribution is -0.132. The second-order valence-electron chi connectivity index (χ2n) is 4.79. The minimum Gasteiger partial charge on any atom is -0.508 e. The zero-order chi connectivity index (χ0) is 18.1. The van der Waals surface area contributed by atoms with Crippen molar-refractivity contribution in [2.75, 3.05) is 6.54 Å². The SMILES string of the molecule is CCN(C#N)C(=O)C(Cc1ccc(O)cc1)NC(=O)/C=C/C(=O)O. The highest BCUT2D eigenvalue weighted by molar-refractivity contribution is 5.96. The third kappa shape index (κ3) is 5.81. The first-order valence-corrected chi connectivity index (χ1v) is 7.07. The Hall–Kier alpha value is -3.34. The molecule has 2 amide bonds. The maximum Gasteiger partial charge on any atom is 0.328 e. The molecule has 0 heterocycles. The molecule has 1 aromatic rings. The van der Waals surface area contributed by atoms with Crippen LogP contribution in [0.25, 0.3) is 0 Å². The predicted octanol–water partition coefficient (Wildman–Crippen LogP) is 0.390. The lowest BCUT2D eigenvalue weighted by Crippen LogP contribution is -2.48. The van der Waals surface area contributed by atoms with Crippen LogP contribution in [0.15, 0.2) is 36.4 Å². The molecule has 0 aliphatic carbocycles. The quantitative estimate of drug-likeness (QED) is 0.376. The summed E-state index contributed by atoms with van der Waals surface area (Å²) in [4.78, 5) is 35.4. The van der Waals surface area contributed by atoms with E-state index in [0.717, 1.165) is 11.0 Å². The normalized spacial score (nSPS) is 11.5. The van der Waals surface area contributed by atoms with E-state index >= 15 is 0 Å². The molecule has 126 valence electrons. The number of carbonyl (C=O) groups excluding carboxylic acids is 2. The lowest BCUT2D eigenvalue weighted by atomic mass is 10.0. The van der Waals surface area contributed by atoms with E-state index < -0.39 is 23.8 Å². The van der Waals surface area contributed by atoms with Crippen molar-refractivity contribution in [3.05, 3.63) is 42.0 Å². The van der Waals surface area contributed by atoms with Crippen LogP contribution in [0.4, 0.5) is 0 Å². The molecular formula is C16H17N3O5. The number of carbonyl (C=O) groups is 3. The van der Waals surface area contributed by atoms with Gasteiger partial charge in [0, 0.05) is 25.1 Å². The molecule has 8 heteroatoms. The average Bonchev–Trinajstić information content (AvgIpc) is 2.55. The molecule has 0 aromatic heterocycles. The molecule has 0 radical (unpaired) electrons. The number of benzene rings is 1. The summed E-state index contributed by atoms with van der Waals surface area (Å²) in [6.45, 7) is 1.76. The van der Waals surface area contributed by atoms with E-state index in [-0.39, 0.29) is 18.7 Å². The number of aliphatic carboxylic acids is 1. The second-order valence-corrected chi connectivity index (χ2v) is 4.79. The fourth-order valence-corrected chi connectivity index (χ4v) is 1.90. The first-order valence-electron chi connectivity index (χ1n) is 7.07. The number of phenolic OH excluding ortho intramolecular Hbond substituents is 1. The van der Waals surface area contributed by atoms with Gasteiger partial charge >= 0.3 is 5.97 Å². The van der Waals surface area contributed by atoms with E-state index in [1.807, 2.05) is 0 Å². The molecule has 1 aromatic carbocycles. The third-order valence-electron chi connectivity index (χ3n) is 3.07. The molecule has 0 aliphatic rings. The topological polar surface area (TPSA) is 131 Å². The summed E-state index contributed by atoms with van der Waals surface area (Å²) in [6, 6.07) is 4.99. The number of hydrogen-bond acceptors (Lipinski definition) is 5. The van der Waals surface area contributed by atoms with Crippen LogP contribution in [-0.2, 0) is 20.8 Å². The molecule has 8 nitrogen and oxygen atoms in total. The summed E-state index contributed by atoms with van der Waals surface area (Å²) in [5.74, 6) is -2.60. The number of likely N-dealkylation sites (N-methyl/N-ethyl adjacent to an activating group) is 1. The summed E-state index contributed by atoms with van der Waals surface area (Å²) >= 11 is 0. The number of nitriles is 1. The first-order chi connectivity index (χ1) is 11.4. The van der Waals surface area contributed by atoms with Gasteiger partial charge in [-0.1, -0.05) is 12.1 Å². The van der Waals surface area contributed by atoms with Crippen molar-refractivity contribution in [2.45, 2.75) is 19.4 Å². The molecule has 1 atom stereocenters. The van der Waals surface area contributed by atoms with Crippen LogP contribution in [0.2, 0.25) is 0 Å². The van der Waals surface area contributed by atoms with Crippen molar-refractivity contribution in [3.8, 4) is 11.9 Å². The van der Waals surface area contributed by atoms with Gasteiger partial charge in [0.2, 0.25) is 5.91 Å². The number of carboxylic acid groups (broad SMARTS) is 1. The van der Waals surface area contributed by atoms with Gasteiger partial charge in [0.25, 0.3) is 5.91 Å². The molecule has 0 saturated carbocycles. The second kappa shape index (κ2) is 8.95. The van der Waals surface area contributed by atoms with Crippen molar-refractivity contribution in [3.63, 3.8) is 0 Å². The van der Waals surface area contributed by atoms with E-state index in [0.29, 0.717) is 11.6 Å². The Labute approximate surface area is 138 Å². The van der Waals surface area contributed by atoms with E-state index in [1.165, 1.54) is 12.1 Å². The van der Waals surface area contributed by atoms with E-state index in [1.54, 1.807) is 25.2 Å². The molecule has 0 aliphatic heterocycles. The van der Waals surface area contributed by atoms with Crippen molar-refractivity contribution in [2.24, 2.45) is 0 Å². The first kappa shape index (κ1) is 18.7. The molecular weight excluding hydrogens is 314 g/mol. The lowest BCUT2D eigenvalue weighted by Gasteiger charge is -2.21. The number of rotatable bonds is 7. The molecule has 0 spiro atoms. The molecule has 24 heavy (non-hydrogen) atoms. The van der Waals surface area contributed by atoms with Crippen LogP contribution in [0.5, 0.6) is 5.75 Å². The Bertz CT molecular complexity index is 676. The van der Waals surface area contributed by atoms with Crippen LogP contribution in [0, 0.1) is 11.5 Å². The fraction of sp³-hybridized carbons (Fsp3) is 0.250. The van der Waals surface area contributed by atoms with E-state index in [2.05, 4.69) is 5.32 Å². The van der Waals surface area contributed by atoms with Crippen LogP contribution < -0.4 is 5.32 Å². The Morgan fingerprint density at radius 1 is 1.29 bits per heavy atom. The highest BCUT2D eigenvalue weighted by atomic mass is 16.4. The van der Waals surface area contributed by atoms with Crippen LogP contribution in [-0.4, -0.2) is 45.5 Å². The van der Waals surface area contributed by atoms with Gasteiger partial charge in [-0.25, -0.2) is 9.69 Å². The summed E-state index contributed by atoms with van der Waals surface area (Å²) in [6.07, 6.45) is 3.26. The van der Waals surface area contributed by atoms with Crippen LogP contribution in [0.1, 0.15) is 12.5 Å². The number of phenols is 1. The zero-order valence-electron chi connectivity index (χ0n) is 13.0. The highest BCUT2D eigenvalue weighted by Gasteiger charge is 2.25. The number of carboxylic acids is 1.